The Hall–Kier alpha value is -1.92. The van der Waals surface area contributed by atoms with Crippen LogP contribution in [0.4, 0.5) is 0 Å². The van der Waals surface area contributed by atoms with Crippen LogP contribution in [0.5, 0.6) is 5.75 Å². The molecular formula is C19H28N2O4. The van der Waals surface area contributed by atoms with Crippen molar-refractivity contribution in [2.24, 2.45) is 5.92 Å². The van der Waals surface area contributed by atoms with Crippen LogP contribution < -0.4 is 10.1 Å². The molecular weight excluding hydrogens is 320 g/mol. The second-order valence-electron chi connectivity index (χ2n) is 6.68. The van der Waals surface area contributed by atoms with Crippen LogP contribution >= 0.6 is 0 Å². The van der Waals surface area contributed by atoms with E-state index in [1.807, 2.05) is 0 Å². The topological polar surface area (TPSA) is 67.9 Å². The largest absolute Gasteiger partial charge is 0.483 e. The lowest BCUT2D eigenvalue weighted by atomic mass is 10.0. The predicted octanol–water partition coefficient (Wildman–Crippen LogP) is 1.74. The van der Waals surface area contributed by atoms with Crippen molar-refractivity contribution < 1.29 is 19.1 Å². The Morgan fingerprint density at radius 2 is 2.04 bits per heavy atom. The Morgan fingerprint density at radius 3 is 2.72 bits per heavy atom. The number of hydrogen-bond acceptors (Lipinski definition) is 5. The number of hydrogen-bond donors (Lipinski definition) is 1. The summed E-state index contributed by atoms with van der Waals surface area (Å²) in [4.78, 5) is 25.5. The minimum absolute atomic E-state index is 0.0949. The minimum Gasteiger partial charge on any atom is -0.483 e. The van der Waals surface area contributed by atoms with Crippen LogP contribution in [0.1, 0.15) is 30.6 Å². The summed E-state index contributed by atoms with van der Waals surface area (Å²) in [6, 6.07) is 7.19. The van der Waals surface area contributed by atoms with Gasteiger partial charge in [-0.05, 0) is 24.5 Å². The highest BCUT2D eigenvalue weighted by Gasteiger charge is 2.22. The third-order valence-electron chi connectivity index (χ3n) is 4.25. The quantitative estimate of drug-likeness (QED) is 0.689. The van der Waals surface area contributed by atoms with E-state index in [4.69, 9.17) is 9.47 Å². The molecule has 0 aromatic heterocycles. The first-order valence-electron chi connectivity index (χ1n) is 8.85. The number of morpholine rings is 1. The molecule has 0 spiro atoms. The number of carbonyl (C=O) groups excluding carboxylic acids is 2. The van der Waals surface area contributed by atoms with Gasteiger partial charge in [0.25, 0.3) is 5.91 Å². The van der Waals surface area contributed by atoms with Crippen molar-refractivity contribution in [1.82, 2.24) is 10.2 Å². The zero-order valence-electron chi connectivity index (χ0n) is 15.1. The number of rotatable bonds is 9. The Morgan fingerprint density at radius 1 is 1.32 bits per heavy atom. The predicted molar refractivity (Wildman–Crippen MR) is 96.0 cm³/mol. The summed E-state index contributed by atoms with van der Waals surface area (Å²) in [6.07, 6.45) is 1.75. The fourth-order valence-corrected chi connectivity index (χ4v) is 2.98. The summed E-state index contributed by atoms with van der Waals surface area (Å²) >= 11 is 0. The number of para-hydroxylation sites is 1. The molecule has 1 aromatic rings. The first kappa shape index (κ1) is 19.4. The van der Waals surface area contributed by atoms with Gasteiger partial charge in [0.05, 0.1) is 18.8 Å². The van der Waals surface area contributed by atoms with Crippen molar-refractivity contribution in [2.75, 3.05) is 39.5 Å². The normalized spacial score (nSPS) is 16.4. The molecule has 0 bridgehead atoms. The molecule has 138 valence electrons. The lowest BCUT2D eigenvalue weighted by Crippen LogP contribution is -2.49. The van der Waals surface area contributed by atoms with Crippen LogP contribution in [0.3, 0.4) is 0 Å². The standard InChI is InChI=1S/C19H28N2O4/c1-15(2)11-17(21-7-9-24-10-8-21)12-20-19(23)14-25-18-6-4-3-5-16(18)13-22/h3-6,13,15,17H,7-12,14H2,1-2H3,(H,20,23). The number of aldehydes is 1. The smallest absolute Gasteiger partial charge is 0.257 e. The summed E-state index contributed by atoms with van der Waals surface area (Å²) in [5.41, 5.74) is 0.446. The van der Waals surface area contributed by atoms with Crippen LogP contribution in [0.2, 0.25) is 0 Å². The first-order chi connectivity index (χ1) is 12.1. The van der Waals surface area contributed by atoms with Gasteiger partial charge in [-0.25, -0.2) is 0 Å². The maximum absolute atomic E-state index is 12.1. The van der Waals surface area contributed by atoms with Gasteiger partial charge in [-0.15, -0.1) is 0 Å². The summed E-state index contributed by atoms with van der Waals surface area (Å²) in [6.45, 7) is 8.16. The number of ether oxygens (including phenoxy) is 2. The minimum atomic E-state index is -0.178. The van der Waals surface area contributed by atoms with Crippen LogP contribution in [-0.2, 0) is 9.53 Å². The van der Waals surface area contributed by atoms with E-state index in [-0.39, 0.29) is 12.5 Å². The molecule has 1 aromatic carbocycles. The van der Waals surface area contributed by atoms with Crippen molar-refractivity contribution in [3.8, 4) is 5.75 Å². The molecule has 1 aliphatic heterocycles. The fourth-order valence-electron chi connectivity index (χ4n) is 2.98. The van der Waals surface area contributed by atoms with E-state index in [1.54, 1.807) is 24.3 Å². The second-order valence-corrected chi connectivity index (χ2v) is 6.68. The second kappa shape index (κ2) is 10.2. The van der Waals surface area contributed by atoms with E-state index in [9.17, 15) is 9.59 Å². The maximum Gasteiger partial charge on any atom is 0.257 e. The zero-order valence-corrected chi connectivity index (χ0v) is 15.1. The van der Waals surface area contributed by atoms with Gasteiger partial charge < -0.3 is 14.8 Å². The molecule has 1 fully saturated rings. The summed E-state index contributed by atoms with van der Waals surface area (Å²) in [5, 5.41) is 2.96. The molecule has 0 aliphatic carbocycles. The average Bonchev–Trinajstić information content (AvgIpc) is 2.64. The molecule has 1 aliphatic rings. The molecule has 1 amide bonds. The third-order valence-corrected chi connectivity index (χ3v) is 4.25. The van der Waals surface area contributed by atoms with Gasteiger partial charge in [-0.1, -0.05) is 26.0 Å². The van der Waals surface area contributed by atoms with E-state index in [1.165, 1.54) is 0 Å². The van der Waals surface area contributed by atoms with Crippen molar-refractivity contribution in [1.29, 1.82) is 0 Å². The highest BCUT2D eigenvalue weighted by atomic mass is 16.5. The monoisotopic (exact) mass is 348 g/mol. The molecule has 2 rings (SSSR count). The van der Waals surface area contributed by atoms with Gasteiger partial charge in [0, 0.05) is 25.7 Å². The van der Waals surface area contributed by atoms with Crippen molar-refractivity contribution in [3.63, 3.8) is 0 Å². The van der Waals surface area contributed by atoms with Crippen LogP contribution in [0, 0.1) is 5.92 Å². The molecule has 1 N–H and O–H groups in total. The third kappa shape index (κ3) is 6.48. The lowest BCUT2D eigenvalue weighted by molar-refractivity contribution is -0.123. The Bertz CT molecular complexity index is 556. The molecule has 1 heterocycles. The molecule has 1 saturated heterocycles. The Kier molecular flexibility index (Phi) is 7.88. The van der Waals surface area contributed by atoms with Crippen LogP contribution in [-0.4, -0.2) is 62.6 Å². The number of carbonyl (C=O) groups is 2. The zero-order chi connectivity index (χ0) is 18.1. The number of nitrogens with one attached hydrogen (secondary N) is 1. The van der Waals surface area contributed by atoms with Crippen molar-refractivity contribution >= 4 is 12.2 Å². The average molecular weight is 348 g/mol. The number of amides is 1. The van der Waals surface area contributed by atoms with Gasteiger partial charge in [0.1, 0.15) is 5.75 Å². The molecule has 25 heavy (non-hydrogen) atoms. The van der Waals surface area contributed by atoms with Crippen LogP contribution in [0.25, 0.3) is 0 Å². The summed E-state index contributed by atoms with van der Waals surface area (Å²) < 4.78 is 10.9. The van der Waals surface area contributed by atoms with E-state index in [0.29, 0.717) is 29.8 Å². The molecule has 6 heteroatoms. The van der Waals surface area contributed by atoms with Gasteiger partial charge in [0.2, 0.25) is 0 Å². The van der Waals surface area contributed by atoms with E-state index >= 15 is 0 Å². The van der Waals surface area contributed by atoms with Crippen molar-refractivity contribution in [2.45, 2.75) is 26.3 Å². The Balaban J connectivity index is 1.82. The first-order valence-corrected chi connectivity index (χ1v) is 8.85. The van der Waals surface area contributed by atoms with Crippen LogP contribution in [0.15, 0.2) is 24.3 Å². The molecule has 1 unspecified atom stereocenters. The highest BCUT2D eigenvalue weighted by Crippen LogP contribution is 2.15. The van der Waals surface area contributed by atoms with E-state index < -0.39 is 0 Å². The van der Waals surface area contributed by atoms with E-state index in [0.717, 1.165) is 39.0 Å². The van der Waals surface area contributed by atoms with Gasteiger partial charge in [-0.2, -0.15) is 0 Å². The SMILES string of the molecule is CC(C)CC(CNC(=O)COc1ccccc1C=O)N1CCOCC1. The van der Waals surface area contributed by atoms with E-state index in [2.05, 4.69) is 24.1 Å². The number of benzene rings is 1. The summed E-state index contributed by atoms with van der Waals surface area (Å²) in [7, 11) is 0. The lowest BCUT2D eigenvalue weighted by Gasteiger charge is -2.35. The molecule has 0 radical (unpaired) electrons. The van der Waals surface area contributed by atoms with Gasteiger partial charge >= 0.3 is 0 Å². The molecule has 1 atom stereocenters. The maximum atomic E-state index is 12.1. The highest BCUT2D eigenvalue weighted by molar-refractivity contribution is 5.80. The Labute approximate surface area is 149 Å². The fraction of sp³-hybridized carbons (Fsp3) is 0.579. The molecule has 0 saturated carbocycles. The van der Waals surface area contributed by atoms with Crippen molar-refractivity contribution in [3.05, 3.63) is 29.8 Å². The van der Waals surface area contributed by atoms with Gasteiger partial charge in [-0.3, -0.25) is 14.5 Å². The number of nitrogens with zero attached hydrogens (tertiary/aromatic N) is 1. The summed E-state index contributed by atoms with van der Waals surface area (Å²) in [5.74, 6) is 0.808. The molecule has 6 nitrogen and oxygen atoms in total. The van der Waals surface area contributed by atoms with Gasteiger partial charge in [0.15, 0.2) is 12.9 Å².